The van der Waals surface area contributed by atoms with E-state index in [1.807, 2.05) is 18.2 Å². The Hall–Kier alpha value is -2.49. The molecule has 0 radical (unpaired) electrons. The number of rotatable bonds is 8. The molecule has 1 heterocycles. The van der Waals surface area contributed by atoms with E-state index < -0.39 is 14.9 Å². The summed E-state index contributed by atoms with van der Waals surface area (Å²) in [7, 11) is -3.78. The van der Waals surface area contributed by atoms with Crippen molar-refractivity contribution in [1.82, 2.24) is 9.62 Å². The van der Waals surface area contributed by atoms with Crippen LogP contribution in [0.3, 0.4) is 0 Å². The van der Waals surface area contributed by atoms with E-state index in [2.05, 4.69) is 26.7 Å². The summed E-state index contributed by atoms with van der Waals surface area (Å²) in [5.74, 6) is 0. The van der Waals surface area contributed by atoms with Gasteiger partial charge in [0.1, 0.15) is 0 Å². The highest BCUT2D eigenvalue weighted by Crippen LogP contribution is 2.24. The van der Waals surface area contributed by atoms with Crippen LogP contribution in [0.25, 0.3) is 0 Å². The number of para-hydroxylation sites is 1. The van der Waals surface area contributed by atoms with E-state index in [1.54, 1.807) is 0 Å². The van der Waals surface area contributed by atoms with E-state index in [1.165, 1.54) is 30.8 Å². The van der Waals surface area contributed by atoms with Gasteiger partial charge in [-0.2, -0.15) is 0 Å². The van der Waals surface area contributed by atoms with Gasteiger partial charge in [-0.3, -0.25) is 15.0 Å². The highest BCUT2D eigenvalue weighted by atomic mass is 32.2. The minimum Gasteiger partial charge on any atom is -0.369 e. The zero-order chi connectivity index (χ0) is 20.9. The Kier molecular flexibility index (Phi) is 6.83. The van der Waals surface area contributed by atoms with Crippen LogP contribution in [-0.2, 0) is 10.0 Å². The van der Waals surface area contributed by atoms with Gasteiger partial charge in [0.05, 0.1) is 9.82 Å². The summed E-state index contributed by atoms with van der Waals surface area (Å²) in [4.78, 5) is 15.1. The van der Waals surface area contributed by atoms with Crippen molar-refractivity contribution < 1.29 is 13.3 Å². The topological polar surface area (TPSA) is 95.8 Å². The Morgan fingerprint density at radius 1 is 1.03 bits per heavy atom. The summed E-state index contributed by atoms with van der Waals surface area (Å²) in [6.07, 6.45) is 0.679. The molecule has 0 spiro atoms. The molecular weight excluding hydrogens is 392 g/mol. The number of benzene rings is 2. The third-order valence-corrected chi connectivity index (χ3v) is 6.78. The van der Waals surface area contributed by atoms with Crippen LogP contribution < -0.4 is 9.62 Å². The van der Waals surface area contributed by atoms with Crippen LogP contribution in [0.2, 0.25) is 0 Å². The van der Waals surface area contributed by atoms with Gasteiger partial charge in [0.15, 0.2) is 0 Å². The number of piperazine rings is 1. The molecule has 9 heteroatoms. The summed E-state index contributed by atoms with van der Waals surface area (Å²) in [6.45, 7) is 6.32. The maximum Gasteiger partial charge on any atom is 0.273 e. The molecule has 0 saturated carbocycles. The lowest BCUT2D eigenvalue weighted by molar-refractivity contribution is -0.385. The van der Waals surface area contributed by atoms with Crippen LogP contribution >= 0.6 is 0 Å². The molecule has 1 aliphatic heterocycles. The molecule has 0 aromatic heterocycles. The molecule has 0 amide bonds. The van der Waals surface area contributed by atoms with Gasteiger partial charge in [-0.1, -0.05) is 24.3 Å². The van der Waals surface area contributed by atoms with Crippen molar-refractivity contribution in [2.24, 2.45) is 0 Å². The summed E-state index contributed by atoms with van der Waals surface area (Å²) in [5.41, 5.74) is 1.19. The van der Waals surface area contributed by atoms with Gasteiger partial charge in [-0.15, -0.1) is 0 Å². The van der Waals surface area contributed by atoms with Crippen LogP contribution in [-0.4, -0.2) is 57.5 Å². The fourth-order valence-corrected chi connectivity index (χ4v) is 4.88. The molecule has 2 aromatic rings. The monoisotopic (exact) mass is 418 g/mol. The summed E-state index contributed by atoms with van der Waals surface area (Å²) >= 11 is 0. The molecule has 29 heavy (non-hydrogen) atoms. The lowest BCUT2D eigenvalue weighted by Crippen LogP contribution is -2.47. The van der Waals surface area contributed by atoms with Crippen molar-refractivity contribution >= 4 is 21.4 Å². The highest BCUT2D eigenvalue weighted by molar-refractivity contribution is 7.89. The number of hydrogen-bond donors (Lipinski definition) is 1. The molecular formula is C20H26N4O4S. The maximum absolute atomic E-state index is 12.5. The first kappa shape index (κ1) is 21.2. The van der Waals surface area contributed by atoms with Gasteiger partial charge in [0, 0.05) is 50.0 Å². The summed E-state index contributed by atoms with van der Waals surface area (Å²) < 4.78 is 27.6. The van der Waals surface area contributed by atoms with Gasteiger partial charge in [-0.05, 0) is 38.1 Å². The molecule has 8 nitrogen and oxygen atoms in total. The Balaban J connectivity index is 1.46. The lowest BCUT2D eigenvalue weighted by atomic mass is 10.2. The molecule has 0 bridgehead atoms. The van der Waals surface area contributed by atoms with Crippen molar-refractivity contribution in [2.45, 2.75) is 18.2 Å². The van der Waals surface area contributed by atoms with Gasteiger partial charge < -0.3 is 4.90 Å². The zero-order valence-corrected chi connectivity index (χ0v) is 17.3. The lowest BCUT2D eigenvalue weighted by Gasteiger charge is -2.36. The Morgan fingerprint density at radius 3 is 2.38 bits per heavy atom. The van der Waals surface area contributed by atoms with E-state index in [0.717, 1.165) is 32.7 Å². The second-order valence-corrected chi connectivity index (χ2v) is 8.81. The Morgan fingerprint density at radius 2 is 1.72 bits per heavy atom. The number of anilines is 1. The first-order valence-electron chi connectivity index (χ1n) is 9.64. The number of nitrogens with zero attached hydrogens (tertiary/aromatic N) is 3. The molecule has 0 atom stereocenters. The second-order valence-electron chi connectivity index (χ2n) is 7.07. The predicted octanol–water partition coefficient (Wildman–Crippen LogP) is 2.39. The van der Waals surface area contributed by atoms with Gasteiger partial charge >= 0.3 is 0 Å². The van der Waals surface area contributed by atoms with E-state index in [4.69, 9.17) is 0 Å². The number of sulfonamides is 1. The minimum atomic E-state index is -3.78. The predicted molar refractivity (Wildman–Crippen MR) is 113 cm³/mol. The Bertz CT molecular complexity index is 942. The molecule has 1 fully saturated rings. The molecule has 1 N–H and O–H groups in total. The quantitative estimate of drug-likeness (QED) is 0.402. The van der Waals surface area contributed by atoms with Gasteiger partial charge in [0.2, 0.25) is 10.0 Å². The van der Waals surface area contributed by atoms with Crippen LogP contribution in [0.5, 0.6) is 0 Å². The molecule has 3 rings (SSSR count). The second kappa shape index (κ2) is 9.34. The third-order valence-electron chi connectivity index (χ3n) is 5.18. The normalized spacial score (nSPS) is 15.4. The minimum absolute atomic E-state index is 0.0387. The van der Waals surface area contributed by atoms with Gasteiger partial charge in [-0.25, -0.2) is 13.1 Å². The number of nitro benzene ring substituents is 1. The molecule has 0 aliphatic carbocycles. The third kappa shape index (κ3) is 5.31. The largest absolute Gasteiger partial charge is 0.369 e. The van der Waals surface area contributed by atoms with E-state index in [-0.39, 0.29) is 16.1 Å². The highest BCUT2D eigenvalue weighted by Gasteiger charge is 2.22. The summed E-state index contributed by atoms with van der Waals surface area (Å²) in [6, 6.07) is 14.4. The van der Waals surface area contributed by atoms with Crippen molar-refractivity contribution in [3.8, 4) is 0 Å². The van der Waals surface area contributed by atoms with Gasteiger partial charge in [0.25, 0.3) is 5.69 Å². The Labute approximate surface area is 171 Å². The van der Waals surface area contributed by atoms with E-state index in [0.29, 0.717) is 13.0 Å². The molecule has 1 aliphatic rings. The molecule has 156 valence electrons. The fraction of sp³-hybridized carbons (Fsp3) is 0.400. The molecule has 2 aromatic carbocycles. The smallest absolute Gasteiger partial charge is 0.273 e. The average Bonchev–Trinajstić information content (AvgIpc) is 2.72. The maximum atomic E-state index is 12.5. The number of nitrogens with one attached hydrogen (secondary N) is 1. The standard InChI is InChI=1S/C20H26N4O4S/c1-17-19(24(25)26)9-5-10-20(17)29(27,28)21-11-6-12-22-13-15-23(16-14-22)18-7-3-2-4-8-18/h2-5,7-10,21H,6,11-16H2,1H3. The molecule has 0 unspecified atom stereocenters. The zero-order valence-electron chi connectivity index (χ0n) is 16.5. The van der Waals surface area contributed by atoms with Crippen molar-refractivity contribution in [1.29, 1.82) is 0 Å². The van der Waals surface area contributed by atoms with Crippen molar-refractivity contribution in [3.63, 3.8) is 0 Å². The van der Waals surface area contributed by atoms with Crippen LogP contribution in [0, 0.1) is 17.0 Å². The summed E-state index contributed by atoms with van der Waals surface area (Å²) in [5, 5.41) is 11.0. The van der Waals surface area contributed by atoms with E-state index >= 15 is 0 Å². The number of hydrogen-bond acceptors (Lipinski definition) is 6. The fourth-order valence-electron chi connectivity index (χ4n) is 3.55. The van der Waals surface area contributed by atoms with Crippen LogP contribution in [0.15, 0.2) is 53.4 Å². The van der Waals surface area contributed by atoms with Crippen LogP contribution in [0.4, 0.5) is 11.4 Å². The van der Waals surface area contributed by atoms with Crippen LogP contribution in [0.1, 0.15) is 12.0 Å². The first-order valence-corrected chi connectivity index (χ1v) is 11.1. The molecule has 1 saturated heterocycles. The number of nitro groups is 1. The SMILES string of the molecule is Cc1c([N+](=O)[O-])cccc1S(=O)(=O)NCCCN1CCN(c2ccccc2)CC1. The van der Waals surface area contributed by atoms with Crippen molar-refractivity contribution in [3.05, 3.63) is 64.2 Å². The first-order chi connectivity index (χ1) is 13.9. The van der Waals surface area contributed by atoms with E-state index in [9.17, 15) is 18.5 Å². The van der Waals surface area contributed by atoms with Crippen molar-refractivity contribution in [2.75, 3.05) is 44.2 Å². The average molecular weight is 419 g/mol.